The van der Waals surface area contributed by atoms with E-state index in [1.165, 1.54) is 6.08 Å². The number of carbonyl (C=O) groups excluding carboxylic acids is 1. The van der Waals surface area contributed by atoms with Crippen molar-refractivity contribution in [3.8, 4) is 11.8 Å². The van der Waals surface area contributed by atoms with Gasteiger partial charge in [-0.2, -0.15) is 5.26 Å². The number of anilines is 3. The average Bonchev–Trinajstić information content (AvgIpc) is 3.47. The van der Waals surface area contributed by atoms with Gasteiger partial charge in [0.1, 0.15) is 17.9 Å². The molecule has 206 valence electrons. The Morgan fingerprint density at radius 2 is 2.10 bits per heavy atom. The average molecular weight is 540 g/mol. The van der Waals surface area contributed by atoms with Crippen molar-refractivity contribution >= 4 is 39.4 Å². The van der Waals surface area contributed by atoms with E-state index in [9.17, 15) is 10.1 Å². The Morgan fingerprint density at radius 1 is 1.25 bits per heavy atom. The number of nitriles is 1. The molecule has 9 heteroatoms. The summed E-state index contributed by atoms with van der Waals surface area (Å²) in [5.74, 6) is 0.235. The Balaban J connectivity index is 1.48. The quantitative estimate of drug-likeness (QED) is 0.371. The van der Waals surface area contributed by atoms with Crippen molar-refractivity contribution in [3.05, 3.63) is 72.5 Å². The summed E-state index contributed by atoms with van der Waals surface area (Å²) >= 11 is 0. The number of pyridine rings is 1. The number of hydrogen-bond acceptors (Lipinski definition) is 8. The second-order valence-corrected chi connectivity index (χ2v) is 9.92. The van der Waals surface area contributed by atoms with Gasteiger partial charge < -0.3 is 24.8 Å². The number of amides is 1. The van der Waals surface area contributed by atoms with Crippen LogP contribution in [0, 0.1) is 11.3 Å². The molecule has 2 saturated heterocycles. The molecule has 0 bridgehead atoms. The molecule has 3 aromatic rings. The Morgan fingerprint density at radius 3 is 2.85 bits per heavy atom. The van der Waals surface area contributed by atoms with Gasteiger partial charge in [-0.05, 0) is 30.7 Å². The number of ether oxygens (including phenoxy) is 3. The Labute approximate surface area is 234 Å². The number of aromatic nitrogens is 1. The number of hydrogen-bond donors (Lipinski definition) is 2. The van der Waals surface area contributed by atoms with Gasteiger partial charge in [0, 0.05) is 55.5 Å². The molecule has 0 aliphatic carbocycles. The third kappa shape index (κ3) is 6.66. The summed E-state index contributed by atoms with van der Waals surface area (Å²) in [6.07, 6.45) is 5.57. The predicted octanol–water partition coefficient (Wildman–Crippen LogP) is 4.88. The van der Waals surface area contributed by atoms with Crippen LogP contribution in [0.15, 0.2) is 61.3 Å². The van der Waals surface area contributed by atoms with Gasteiger partial charge in [-0.15, -0.1) is 0 Å². The summed E-state index contributed by atoms with van der Waals surface area (Å²) in [4.78, 5) is 19.7. The lowest BCUT2D eigenvalue weighted by Gasteiger charge is -2.25. The molecule has 2 aromatic carbocycles. The first kappa shape index (κ1) is 27.3. The summed E-state index contributed by atoms with van der Waals surface area (Å²) < 4.78 is 17.1. The fraction of sp³-hybridized carbons (Fsp3) is 0.323. The van der Waals surface area contributed by atoms with Crippen LogP contribution in [0.3, 0.4) is 0 Å². The number of nitrogens with zero attached hydrogens (tertiary/aromatic N) is 3. The topological polar surface area (TPSA) is 109 Å². The van der Waals surface area contributed by atoms with Crippen molar-refractivity contribution < 1.29 is 19.0 Å². The minimum absolute atomic E-state index is 0.120. The zero-order chi connectivity index (χ0) is 27.9. The fourth-order valence-electron chi connectivity index (χ4n) is 4.69. The number of benzene rings is 2. The molecule has 5 rings (SSSR count). The van der Waals surface area contributed by atoms with Crippen LogP contribution in [0.2, 0.25) is 0 Å². The van der Waals surface area contributed by atoms with Crippen LogP contribution in [0.1, 0.15) is 24.5 Å². The summed E-state index contributed by atoms with van der Waals surface area (Å²) in [5, 5.41) is 17.0. The highest BCUT2D eigenvalue weighted by Gasteiger charge is 2.21. The first-order valence-electron chi connectivity index (χ1n) is 13.4. The van der Waals surface area contributed by atoms with E-state index in [1.807, 2.05) is 43.3 Å². The molecule has 2 aliphatic heterocycles. The highest BCUT2D eigenvalue weighted by Crippen LogP contribution is 2.37. The van der Waals surface area contributed by atoms with Gasteiger partial charge in [0.15, 0.2) is 0 Å². The molecule has 2 fully saturated rings. The molecule has 0 unspecified atom stereocenters. The Kier molecular flexibility index (Phi) is 8.71. The number of rotatable bonds is 9. The lowest BCUT2D eigenvalue weighted by Crippen LogP contribution is -2.36. The molecule has 3 heterocycles. The molecule has 2 aliphatic rings. The van der Waals surface area contributed by atoms with E-state index < -0.39 is 0 Å². The summed E-state index contributed by atoms with van der Waals surface area (Å²) in [5.41, 5.74) is 4.85. The van der Waals surface area contributed by atoms with E-state index in [1.54, 1.807) is 12.3 Å². The number of nitrogens with one attached hydrogen (secondary N) is 2. The molecule has 40 heavy (non-hydrogen) atoms. The van der Waals surface area contributed by atoms with Gasteiger partial charge in [-0.1, -0.05) is 30.4 Å². The van der Waals surface area contributed by atoms with E-state index >= 15 is 0 Å². The molecule has 2 N–H and O–H groups in total. The molecule has 0 saturated carbocycles. The molecular formula is C31H33N5O4. The monoisotopic (exact) mass is 539 g/mol. The molecule has 0 radical (unpaired) electrons. The second-order valence-electron chi connectivity index (χ2n) is 9.92. The van der Waals surface area contributed by atoms with Crippen LogP contribution in [0.25, 0.3) is 16.5 Å². The minimum Gasteiger partial charge on any atom is -0.486 e. The molecular weight excluding hydrogens is 506 g/mol. The molecule has 1 aromatic heterocycles. The van der Waals surface area contributed by atoms with Crippen LogP contribution in [0.5, 0.6) is 5.75 Å². The van der Waals surface area contributed by atoms with Gasteiger partial charge in [0.25, 0.3) is 0 Å². The van der Waals surface area contributed by atoms with Crippen molar-refractivity contribution in [1.29, 1.82) is 5.26 Å². The number of carbonyl (C=O) groups is 1. The normalized spacial score (nSPS) is 17.6. The highest BCUT2D eigenvalue weighted by atomic mass is 16.5. The summed E-state index contributed by atoms with van der Waals surface area (Å²) in [6, 6.07) is 13.7. The van der Waals surface area contributed by atoms with Crippen molar-refractivity contribution in [3.63, 3.8) is 0 Å². The van der Waals surface area contributed by atoms with Crippen LogP contribution >= 0.6 is 0 Å². The molecule has 1 amide bonds. The first-order chi connectivity index (χ1) is 19.5. The van der Waals surface area contributed by atoms with Gasteiger partial charge in [0.05, 0.1) is 48.9 Å². The largest absolute Gasteiger partial charge is 0.486 e. The van der Waals surface area contributed by atoms with E-state index in [4.69, 9.17) is 14.2 Å². The minimum atomic E-state index is -0.270. The maximum atomic E-state index is 13.0. The standard InChI is InChI=1S/C31H33N5O4/c1-21(2)22-5-3-6-24(15-22)34-31-23(18-32)19-33-27-17-29(40-25-8-12-39-20-25)28(16-26(27)31)35-30(37)7-4-9-36-10-13-38-14-11-36/h3-7,15-17,19,25H,1,8-14,20H2,2H3,(H,33,34)(H,35,37)/b7-4+/t25-/m0/s1. The van der Waals surface area contributed by atoms with Crippen molar-refractivity contribution in [2.45, 2.75) is 19.4 Å². The molecule has 1 atom stereocenters. The van der Waals surface area contributed by atoms with Crippen LogP contribution in [-0.4, -0.2) is 68.0 Å². The van der Waals surface area contributed by atoms with Crippen molar-refractivity contribution in [2.24, 2.45) is 0 Å². The van der Waals surface area contributed by atoms with Crippen molar-refractivity contribution in [2.75, 3.05) is 56.7 Å². The van der Waals surface area contributed by atoms with Gasteiger partial charge in [0.2, 0.25) is 5.91 Å². The van der Waals surface area contributed by atoms with Gasteiger partial charge >= 0.3 is 0 Å². The third-order valence-electron chi connectivity index (χ3n) is 6.89. The second kappa shape index (κ2) is 12.7. The van der Waals surface area contributed by atoms with Crippen molar-refractivity contribution in [1.82, 2.24) is 9.88 Å². The summed E-state index contributed by atoms with van der Waals surface area (Å²) in [6.45, 7) is 10.9. The van der Waals surface area contributed by atoms with Crippen LogP contribution in [0.4, 0.5) is 17.1 Å². The zero-order valence-electron chi connectivity index (χ0n) is 22.6. The van der Waals surface area contributed by atoms with E-state index in [2.05, 4.69) is 33.2 Å². The van der Waals surface area contributed by atoms with Gasteiger partial charge in [-0.3, -0.25) is 14.7 Å². The molecule has 0 spiro atoms. The van der Waals surface area contributed by atoms with E-state index in [-0.39, 0.29) is 12.0 Å². The Hall–Kier alpha value is -4.23. The van der Waals surface area contributed by atoms with E-state index in [0.29, 0.717) is 66.6 Å². The SMILES string of the molecule is C=C(C)c1cccc(Nc2c(C#N)cnc3cc(O[C@H]4CCOC4)c(NC(=O)/C=C/CN4CCOCC4)cc23)c1. The fourth-order valence-corrected chi connectivity index (χ4v) is 4.69. The number of morpholine rings is 1. The van der Waals surface area contributed by atoms with Crippen LogP contribution in [-0.2, 0) is 14.3 Å². The summed E-state index contributed by atoms with van der Waals surface area (Å²) in [7, 11) is 0. The maximum absolute atomic E-state index is 13.0. The number of fused-ring (bicyclic) bond motifs is 1. The highest BCUT2D eigenvalue weighted by molar-refractivity contribution is 6.05. The zero-order valence-corrected chi connectivity index (χ0v) is 22.6. The lowest BCUT2D eigenvalue weighted by atomic mass is 10.1. The third-order valence-corrected chi connectivity index (χ3v) is 6.89. The maximum Gasteiger partial charge on any atom is 0.248 e. The number of allylic oxidation sites excluding steroid dienone is 1. The lowest BCUT2D eigenvalue weighted by molar-refractivity contribution is -0.111. The first-order valence-corrected chi connectivity index (χ1v) is 13.4. The van der Waals surface area contributed by atoms with Gasteiger partial charge in [-0.25, -0.2) is 0 Å². The van der Waals surface area contributed by atoms with E-state index in [0.717, 1.165) is 36.3 Å². The Bertz CT molecular complexity index is 1470. The molecule has 9 nitrogen and oxygen atoms in total. The van der Waals surface area contributed by atoms with Crippen LogP contribution < -0.4 is 15.4 Å². The predicted molar refractivity (Wildman–Crippen MR) is 156 cm³/mol. The smallest absolute Gasteiger partial charge is 0.248 e.